The number of benzene rings is 2. The largest absolute Gasteiger partial charge is 0.483 e. The van der Waals surface area contributed by atoms with Crippen molar-refractivity contribution >= 4 is 31.3 Å². The summed E-state index contributed by atoms with van der Waals surface area (Å²) in [7, 11) is -7.76. The van der Waals surface area contributed by atoms with E-state index in [2.05, 4.69) is 0 Å². The number of anilines is 1. The molecule has 0 bridgehead atoms. The molecule has 0 spiro atoms. The molecule has 1 aliphatic carbocycles. The quantitative estimate of drug-likeness (QED) is 0.463. The Morgan fingerprint density at radius 2 is 1.61 bits per heavy atom. The molecule has 1 heterocycles. The maximum Gasteiger partial charge on any atom is 0.422 e. The average Bonchev–Trinajstić information content (AvgIpc) is 3.69. The zero-order valence-electron chi connectivity index (χ0n) is 20.0. The number of carbonyl (C=O) groups is 1. The molecule has 1 saturated heterocycles. The van der Waals surface area contributed by atoms with Gasteiger partial charge >= 0.3 is 6.18 Å². The summed E-state index contributed by atoms with van der Waals surface area (Å²) in [5.74, 6) is -4.07. The highest BCUT2D eigenvalue weighted by Crippen LogP contribution is 2.37. The minimum absolute atomic E-state index is 0.0126. The summed E-state index contributed by atoms with van der Waals surface area (Å²) in [5, 5.41) is -0.719. The number of piperazine rings is 1. The van der Waals surface area contributed by atoms with Crippen LogP contribution in [0.3, 0.4) is 0 Å². The lowest BCUT2D eigenvalue weighted by molar-refractivity contribution is -0.153. The van der Waals surface area contributed by atoms with E-state index in [4.69, 9.17) is 4.74 Å². The summed E-state index contributed by atoms with van der Waals surface area (Å²) in [6.45, 7) is -1.85. The molecular weight excluding hydrogens is 559 g/mol. The van der Waals surface area contributed by atoms with E-state index in [1.54, 1.807) is 0 Å². The second-order valence-corrected chi connectivity index (χ2v) is 13.3. The fourth-order valence-electron chi connectivity index (χ4n) is 4.06. The van der Waals surface area contributed by atoms with E-state index in [1.165, 1.54) is 9.80 Å². The molecule has 2 fully saturated rings. The number of carbonyl (C=O) groups excluding carboxylic acids is 1. The summed E-state index contributed by atoms with van der Waals surface area (Å²) in [5.41, 5.74) is -0.588. The Kier molecular flexibility index (Phi) is 7.38. The van der Waals surface area contributed by atoms with Gasteiger partial charge in [0.25, 0.3) is 5.91 Å². The van der Waals surface area contributed by atoms with Gasteiger partial charge in [0.15, 0.2) is 37.9 Å². The van der Waals surface area contributed by atoms with Crippen molar-refractivity contribution < 1.29 is 48.3 Å². The molecule has 2 aliphatic rings. The smallest absolute Gasteiger partial charge is 0.422 e. The van der Waals surface area contributed by atoms with Gasteiger partial charge in [-0.15, -0.1) is 0 Å². The van der Waals surface area contributed by atoms with Crippen LogP contribution < -0.4 is 9.64 Å². The van der Waals surface area contributed by atoms with E-state index in [0.717, 1.165) is 36.6 Å². The zero-order chi connectivity index (χ0) is 28.0. The Balaban J connectivity index is 1.53. The minimum atomic E-state index is -4.70. The Labute approximate surface area is 215 Å². The number of rotatable bonds is 7. The standard InChI is InChI=1S/C23H23F5N2O6S2/c1-37(32,33)15-4-6-18(36-13-23(26,27)28)16(12-15)22(31)30-10-8-29(9-11-30)17-5-7-19(21(25)20(17)24)38(34,35)14-2-3-14/h4-7,12,14H,2-3,8-11,13H2,1H3. The van der Waals surface area contributed by atoms with Gasteiger partial charge in [0, 0.05) is 32.4 Å². The Morgan fingerprint density at radius 3 is 2.16 bits per heavy atom. The average molecular weight is 583 g/mol. The third-order valence-corrected chi connectivity index (χ3v) is 9.59. The minimum Gasteiger partial charge on any atom is -0.483 e. The highest BCUT2D eigenvalue weighted by atomic mass is 32.2. The summed E-state index contributed by atoms with van der Waals surface area (Å²) in [4.78, 5) is 14.8. The van der Waals surface area contributed by atoms with Crippen LogP contribution in [-0.2, 0) is 19.7 Å². The third kappa shape index (κ3) is 5.87. The molecule has 4 rings (SSSR count). The highest BCUT2D eigenvalue weighted by Gasteiger charge is 2.40. The molecule has 1 amide bonds. The molecule has 0 atom stereocenters. The molecule has 208 valence electrons. The lowest BCUT2D eigenvalue weighted by Gasteiger charge is -2.36. The summed E-state index contributed by atoms with van der Waals surface area (Å²) < 4.78 is 121. The topological polar surface area (TPSA) is 101 Å². The number of halogens is 5. The van der Waals surface area contributed by atoms with Crippen LogP contribution in [0.15, 0.2) is 40.1 Å². The molecule has 15 heteroatoms. The van der Waals surface area contributed by atoms with Crippen molar-refractivity contribution in [3.05, 3.63) is 47.5 Å². The van der Waals surface area contributed by atoms with Gasteiger partial charge in [0.05, 0.1) is 21.4 Å². The van der Waals surface area contributed by atoms with Crippen molar-refractivity contribution in [3.63, 3.8) is 0 Å². The molecule has 38 heavy (non-hydrogen) atoms. The molecule has 2 aromatic carbocycles. The predicted octanol–water partition coefficient (Wildman–Crippen LogP) is 3.21. The molecular formula is C23H23F5N2O6S2. The zero-order valence-corrected chi connectivity index (χ0v) is 21.6. The van der Waals surface area contributed by atoms with E-state index < -0.39 is 71.5 Å². The maximum absolute atomic E-state index is 14.8. The van der Waals surface area contributed by atoms with Gasteiger partial charge in [-0.3, -0.25) is 4.79 Å². The summed E-state index contributed by atoms with van der Waals surface area (Å²) in [6.07, 6.45) is -3.05. The predicted molar refractivity (Wildman–Crippen MR) is 126 cm³/mol. The molecule has 0 unspecified atom stereocenters. The van der Waals surface area contributed by atoms with E-state index in [0.29, 0.717) is 12.8 Å². The van der Waals surface area contributed by atoms with Crippen LogP contribution >= 0.6 is 0 Å². The highest BCUT2D eigenvalue weighted by molar-refractivity contribution is 7.92. The van der Waals surface area contributed by atoms with Crippen molar-refractivity contribution in [2.24, 2.45) is 0 Å². The van der Waals surface area contributed by atoms with Crippen molar-refractivity contribution in [1.29, 1.82) is 0 Å². The summed E-state index contributed by atoms with van der Waals surface area (Å²) in [6, 6.07) is 5.11. The SMILES string of the molecule is CS(=O)(=O)c1ccc(OCC(F)(F)F)c(C(=O)N2CCN(c3ccc(S(=O)(=O)C4CC4)c(F)c3F)CC2)c1. The molecule has 0 radical (unpaired) electrons. The van der Waals surface area contributed by atoms with E-state index in [9.17, 15) is 43.6 Å². The number of sulfone groups is 2. The number of nitrogens with zero attached hydrogens (tertiary/aromatic N) is 2. The lowest BCUT2D eigenvalue weighted by Crippen LogP contribution is -2.49. The fraction of sp³-hybridized carbons (Fsp3) is 0.435. The van der Waals surface area contributed by atoms with Crippen LogP contribution in [0.1, 0.15) is 23.2 Å². The first-order chi connectivity index (χ1) is 17.6. The molecule has 0 N–H and O–H groups in total. The Morgan fingerprint density at radius 1 is 0.974 bits per heavy atom. The monoisotopic (exact) mass is 582 g/mol. The number of hydrogen-bond donors (Lipinski definition) is 0. The van der Waals surface area contributed by atoms with Gasteiger partial charge in [-0.1, -0.05) is 0 Å². The van der Waals surface area contributed by atoms with Gasteiger partial charge in [-0.25, -0.2) is 25.6 Å². The van der Waals surface area contributed by atoms with Crippen LogP contribution in [-0.4, -0.2) is 78.1 Å². The number of ether oxygens (including phenoxy) is 1. The third-order valence-electron chi connectivity index (χ3n) is 6.20. The lowest BCUT2D eigenvalue weighted by atomic mass is 10.1. The van der Waals surface area contributed by atoms with Crippen molar-refractivity contribution in [2.75, 3.05) is 43.9 Å². The Hall–Kier alpha value is -2.94. The first kappa shape index (κ1) is 28.1. The molecule has 2 aromatic rings. The maximum atomic E-state index is 14.8. The van der Waals surface area contributed by atoms with Gasteiger partial charge in [0.1, 0.15) is 10.6 Å². The first-order valence-electron chi connectivity index (χ1n) is 11.4. The second-order valence-electron chi connectivity index (χ2n) is 9.07. The second kappa shape index (κ2) is 9.98. The van der Waals surface area contributed by atoms with Gasteiger partial charge in [0.2, 0.25) is 0 Å². The number of hydrogen-bond acceptors (Lipinski definition) is 7. The summed E-state index contributed by atoms with van der Waals surface area (Å²) >= 11 is 0. The number of alkyl halides is 3. The molecule has 8 nitrogen and oxygen atoms in total. The molecule has 1 aliphatic heterocycles. The van der Waals surface area contributed by atoms with Crippen LogP contribution in [0.25, 0.3) is 0 Å². The van der Waals surface area contributed by atoms with Crippen LogP contribution in [0.4, 0.5) is 27.6 Å². The van der Waals surface area contributed by atoms with Gasteiger partial charge < -0.3 is 14.5 Å². The van der Waals surface area contributed by atoms with Crippen LogP contribution in [0.5, 0.6) is 5.75 Å². The van der Waals surface area contributed by atoms with Gasteiger partial charge in [-0.05, 0) is 43.2 Å². The van der Waals surface area contributed by atoms with E-state index >= 15 is 0 Å². The van der Waals surface area contributed by atoms with Gasteiger partial charge in [-0.2, -0.15) is 13.2 Å². The molecule has 1 saturated carbocycles. The fourth-order valence-corrected chi connectivity index (χ4v) is 6.42. The normalized spacial score (nSPS) is 17.0. The van der Waals surface area contributed by atoms with Crippen molar-refractivity contribution in [3.8, 4) is 5.75 Å². The van der Waals surface area contributed by atoms with Crippen LogP contribution in [0.2, 0.25) is 0 Å². The van der Waals surface area contributed by atoms with Crippen LogP contribution in [0, 0.1) is 11.6 Å². The Bertz CT molecular complexity index is 1470. The molecule has 0 aromatic heterocycles. The first-order valence-corrected chi connectivity index (χ1v) is 14.8. The van der Waals surface area contributed by atoms with E-state index in [-0.39, 0.29) is 36.8 Å². The van der Waals surface area contributed by atoms with E-state index in [1.807, 2.05) is 0 Å². The van der Waals surface area contributed by atoms with Crippen molar-refractivity contribution in [2.45, 2.75) is 34.1 Å². The number of amides is 1. The van der Waals surface area contributed by atoms with Crippen molar-refractivity contribution in [1.82, 2.24) is 4.90 Å².